The molecule has 0 saturated heterocycles. The lowest BCUT2D eigenvalue weighted by atomic mass is 10.1. The van der Waals surface area contributed by atoms with E-state index in [1.165, 1.54) is 22.4 Å². The van der Waals surface area contributed by atoms with Crippen molar-refractivity contribution in [3.63, 3.8) is 0 Å². The summed E-state index contributed by atoms with van der Waals surface area (Å²) in [6.07, 6.45) is 1.04. The molecule has 0 bridgehead atoms. The van der Waals surface area contributed by atoms with E-state index in [2.05, 4.69) is 62.8 Å². The molecule has 3 heteroatoms. The maximum absolute atomic E-state index is 4.73. The fourth-order valence-corrected chi connectivity index (χ4v) is 2.75. The van der Waals surface area contributed by atoms with Gasteiger partial charge in [0.2, 0.25) is 0 Å². The van der Waals surface area contributed by atoms with Crippen LogP contribution in [0, 0.1) is 27.7 Å². The average Bonchev–Trinajstić information content (AvgIpc) is 2.65. The van der Waals surface area contributed by atoms with Crippen LogP contribution in [0.3, 0.4) is 0 Å². The molecule has 1 heterocycles. The highest BCUT2D eigenvalue weighted by Gasteiger charge is 2.12. The zero-order valence-electron chi connectivity index (χ0n) is 13.2. The van der Waals surface area contributed by atoms with Gasteiger partial charge in [-0.2, -0.15) is 5.10 Å². The van der Waals surface area contributed by atoms with E-state index in [1.54, 1.807) is 0 Å². The largest absolute Gasteiger partial charge is 0.317 e. The van der Waals surface area contributed by atoms with E-state index in [1.807, 2.05) is 0 Å². The highest BCUT2D eigenvalue weighted by atomic mass is 15.3. The molecule has 0 unspecified atom stereocenters. The van der Waals surface area contributed by atoms with Crippen molar-refractivity contribution in [2.75, 3.05) is 13.1 Å². The van der Waals surface area contributed by atoms with E-state index in [0.717, 1.165) is 30.9 Å². The van der Waals surface area contributed by atoms with Crippen molar-refractivity contribution < 1.29 is 0 Å². The van der Waals surface area contributed by atoms with E-state index < -0.39 is 0 Å². The SMILES string of the molecule is CCNCCc1c(C)nn(-c2cc(C)cc(C)c2)c1C. The molecule has 1 N–H and O–H groups in total. The van der Waals surface area contributed by atoms with Gasteiger partial charge in [0.1, 0.15) is 0 Å². The third kappa shape index (κ3) is 3.10. The Balaban J connectivity index is 2.35. The molecule has 0 saturated carbocycles. The van der Waals surface area contributed by atoms with Gasteiger partial charge in [-0.1, -0.05) is 13.0 Å². The molecule has 0 aliphatic rings. The second-order valence-corrected chi connectivity index (χ2v) is 5.51. The minimum atomic E-state index is 1.01. The summed E-state index contributed by atoms with van der Waals surface area (Å²) >= 11 is 0. The summed E-state index contributed by atoms with van der Waals surface area (Å²) in [4.78, 5) is 0. The molecule has 2 rings (SSSR count). The van der Waals surface area contributed by atoms with Crippen LogP contribution in [0.25, 0.3) is 5.69 Å². The molecule has 0 aliphatic carbocycles. The van der Waals surface area contributed by atoms with Crippen molar-refractivity contribution in [3.05, 3.63) is 46.3 Å². The summed E-state index contributed by atoms with van der Waals surface area (Å²) < 4.78 is 2.08. The lowest BCUT2D eigenvalue weighted by Gasteiger charge is -2.08. The lowest BCUT2D eigenvalue weighted by Crippen LogP contribution is -2.16. The van der Waals surface area contributed by atoms with Crippen LogP contribution in [0.2, 0.25) is 0 Å². The zero-order valence-corrected chi connectivity index (χ0v) is 13.2. The number of nitrogens with zero attached hydrogens (tertiary/aromatic N) is 2. The first-order valence-electron chi connectivity index (χ1n) is 7.37. The molecule has 0 radical (unpaired) electrons. The molecule has 3 nitrogen and oxygen atoms in total. The maximum Gasteiger partial charge on any atom is 0.0654 e. The quantitative estimate of drug-likeness (QED) is 0.846. The molecule has 2 aromatic rings. The molecule has 1 aromatic heterocycles. The standard InChI is InChI=1S/C17H25N3/c1-6-18-8-7-17-14(4)19-20(15(17)5)16-10-12(2)9-13(3)11-16/h9-11,18H,6-8H2,1-5H3. The second-order valence-electron chi connectivity index (χ2n) is 5.51. The molecule has 0 amide bonds. The Labute approximate surface area is 122 Å². The summed E-state index contributed by atoms with van der Waals surface area (Å²) in [5, 5.41) is 8.11. The average molecular weight is 271 g/mol. The minimum absolute atomic E-state index is 1.01. The molecule has 0 atom stereocenters. The Morgan fingerprint density at radius 3 is 2.30 bits per heavy atom. The van der Waals surface area contributed by atoms with Crippen LogP contribution in [0.4, 0.5) is 0 Å². The van der Waals surface area contributed by atoms with Gasteiger partial charge in [0.05, 0.1) is 11.4 Å². The van der Waals surface area contributed by atoms with Crippen molar-refractivity contribution in [2.24, 2.45) is 0 Å². The van der Waals surface area contributed by atoms with Crippen molar-refractivity contribution in [1.82, 2.24) is 15.1 Å². The molecule has 108 valence electrons. The lowest BCUT2D eigenvalue weighted by molar-refractivity contribution is 0.712. The first-order chi connectivity index (χ1) is 9.52. The summed E-state index contributed by atoms with van der Waals surface area (Å²) in [5.41, 5.74) is 7.48. The fourth-order valence-electron chi connectivity index (χ4n) is 2.75. The van der Waals surface area contributed by atoms with Crippen molar-refractivity contribution in [3.8, 4) is 5.69 Å². The van der Waals surface area contributed by atoms with E-state index in [-0.39, 0.29) is 0 Å². The van der Waals surface area contributed by atoms with E-state index in [0.29, 0.717) is 0 Å². The van der Waals surface area contributed by atoms with Gasteiger partial charge in [-0.05, 0) is 76.0 Å². The monoisotopic (exact) mass is 271 g/mol. The normalized spacial score (nSPS) is 11.1. The van der Waals surface area contributed by atoms with Gasteiger partial charge in [0, 0.05) is 5.69 Å². The molecule has 0 spiro atoms. The molecular formula is C17H25N3. The first-order valence-corrected chi connectivity index (χ1v) is 7.37. The number of nitrogens with one attached hydrogen (secondary N) is 1. The van der Waals surface area contributed by atoms with Crippen LogP contribution in [-0.2, 0) is 6.42 Å². The van der Waals surface area contributed by atoms with Crippen LogP contribution >= 0.6 is 0 Å². The van der Waals surface area contributed by atoms with Crippen LogP contribution < -0.4 is 5.32 Å². The number of hydrogen-bond acceptors (Lipinski definition) is 2. The highest BCUT2D eigenvalue weighted by molar-refractivity contribution is 5.42. The summed E-state index contributed by atoms with van der Waals surface area (Å²) in [6.45, 7) is 12.7. The number of rotatable bonds is 5. The van der Waals surface area contributed by atoms with Gasteiger partial charge < -0.3 is 5.32 Å². The molecule has 0 fully saturated rings. The van der Waals surface area contributed by atoms with Gasteiger partial charge in [-0.15, -0.1) is 0 Å². The predicted molar refractivity (Wildman–Crippen MR) is 84.8 cm³/mol. The van der Waals surface area contributed by atoms with Crippen LogP contribution in [0.15, 0.2) is 18.2 Å². The minimum Gasteiger partial charge on any atom is -0.317 e. The highest BCUT2D eigenvalue weighted by Crippen LogP contribution is 2.20. The summed E-state index contributed by atoms with van der Waals surface area (Å²) in [5.74, 6) is 0. The fraction of sp³-hybridized carbons (Fsp3) is 0.471. The van der Waals surface area contributed by atoms with Crippen LogP contribution in [0.1, 0.15) is 35.0 Å². The smallest absolute Gasteiger partial charge is 0.0654 e. The van der Waals surface area contributed by atoms with Crippen LogP contribution in [0.5, 0.6) is 0 Å². The van der Waals surface area contributed by atoms with Crippen molar-refractivity contribution in [1.29, 1.82) is 0 Å². The summed E-state index contributed by atoms with van der Waals surface area (Å²) in [7, 11) is 0. The zero-order chi connectivity index (χ0) is 14.7. The number of aromatic nitrogens is 2. The number of hydrogen-bond donors (Lipinski definition) is 1. The second kappa shape index (κ2) is 6.23. The Morgan fingerprint density at radius 2 is 1.70 bits per heavy atom. The van der Waals surface area contributed by atoms with E-state index in [9.17, 15) is 0 Å². The van der Waals surface area contributed by atoms with Gasteiger partial charge in [-0.25, -0.2) is 4.68 Å². The number of benzene rings is 1. The summed E-state index contributed by atoms with van der Waals surface area (Å²) in [6, 6.07) is 6.59. The van der Waals surface area contributed by atoms with E-state index in [4.69, 9.17) is 5.10 Å². The predicted octanol–water partition coefficient (Wildman–Crippen LogP) is 3.26. The maximum atomic E-state index is 4.73. The molecule has 0 aliphatic heterocycles. The Bertz CT molecular complexity index is 576. The molecule has 20 heavy (non-hydrogen) atoms. The van der Waals surface area contributed by atoms with Crippen LogP contribution in [-0.4, -0.2) is 22.9 Å². The van der Waals surface area contributed by atoms with Crippen molar-refractivity contribution >= 4 is 0 Å². The van der Waals surface area contributed by atoms with Gasteiger partial charge in [0.15, 0.2) is 0 Å². The number of likely N-dealkylation sites (N-methyl/N-ethyl adjacent to an activating group) is 1. The van der Waals surface area contributed by atoms with Gasteiger partial charge in [-0.3, -0.25) is 0 Å². The molecule has 1 aromatic carbocycles. The third-order valence-electron chi connectivity index (χ3n) is 3.69. The first kappa shape index (κ1) is 14.8. The van der Waals surface area contributed by atoms with Gasteiger partial charge >= 0.3 is 0 Å². The number of aryl methyl sites for hydroxylation is 3. The topological polar surface area (TPSA) is 29.9 Å². The van der Waals surface area contributed by atoms with Gasteiger partial charge in [0.25, 0.3) is 0 Å². The van der Waals surface area contributed by atoms with Crippen molar-refractivity contribution in [2.45, 2.75) is 41.0 Å². The van der Waals surface area contributed by atoms with E-state index >= 15 is 0 Å². The third-order valence-corrected chi connectivity index (χ3v) is 3.69. The molecular weight excluding hydrogens is 246 g/mol. The Morgan fingerprint density at radius 1 is 1.05 bits per heavy atom. The Hall–Kier alpha value is -1.61. The Kier molecular flexibility index (Phi) is 4.61.